The lowest BCUT2D eigenvalue weighted by Crippen LogP contribution is -2.40. The quantitative estimate of drug-likeness (QED) is 0.459. The Morgan fingerprint density at radius 2 is 2.24 bits per heavy atom. The predicted octanol–water partition coefficient (Wildman–Crippen LogP) is 3.52. The first-order chi connectivity index (χ1) is 9.54. The van der Waals surface area contributed by atoms with Gasteiger partial charge in [-0.3, -0.25) is 0 Å². The van der Waals surface area contributed by atoms with E-state index in [1.54, 1.807) is 11.3 Å². The molecule has 0 unspecified atom stereocenters. The number of aromatic nitrogens is 1. The average Bonchev–Trinajstić information content (AvgIpc) is 3.00. The number of halogens is 1. The van der Waals surface area contributed by atoms with Crippen molar-refractivity contribution in [1.82, 2.24) is 15.2 Å². The first-order valence-electron chi connectivity index (χ1n) is 7.51. The lowest BCUT2D eigenvalue weighted by atomic mass is 9.93. The Labute approximate surface area is 149 Å². The van der Waals surface area contributed by atoms with Crippen LogP contribution in [-0.4, -0.2) is 35.5 Å². The molecule has 1 saturated heterocycles. The molecule has 4 nitrogen and oxygen atoms in total. The number of guanidine groups is 1. The van der Waals surface area contributed by atoms with Crippen molar-refractivity contribution in [3.63, 3.8) is 0 Å². The summed E-state index contributed by atoms with van der Waals surface area (Å²) in [5.74, 6) is 1.03. The molecule has 1 aromatic heterocycles. The van der Waals surface area contributed by atoms with E-state index in [9.17, 15) is 0 Å². The van der Waals surface area contributed by atoms with Gasteiger partial charge in [0.15, 0.2) is 5.96 Å². The fourth-order valence-corrected chi connectivity index (χ4v) is 3.23. The molecular weight excluding hydrogens is 395 g/mol. The summed E-state index contributed by atoms with van der Waals surface area (Å²) < 4.78 is 0. The van der Waals surface area contributed by atoms with Gasteiger partial charge in [0, 0.05) is 30.7 Å². The summed E-state index contributed by atoms with van der Waals surface area (Å²) in [4.78, 5) is 12.9. The van der Waals surface area contributed by atoms with Crippen LogP contribution in [0.4, 0.5) is 0 Å². The van der Waals surface area contributed by atoms with Crippen molar-refractivity contribution in [2.24, 2.45) is 10.4 Å². The second-order valence-electron chi connectivity index (χ2n) is 6.08. The van der Waals surface area contributed by atoms with E-state index in [1.165, 1.54) is 11.3 Å². The number of aryl methyl sites for hydroxylation is 1. The van der Waals surface area contributed by atoms with Crippen molar-refractivity contribution in [2.45, 2.75) is 47.1 Å². The van der Waals surface area contributed by atoms with Crippen molar-refractivity contribution in [2.75, 3.05) is 19.6 Å². The van der Waals surface area contributed by atoms with Gasteiger partial charge in [0.1, 0.15) is 5.01 Å². The first-order valence-corrected chi connectivity index (χ1v) is 8.32. The number of nitrogens with zero attached hydrogens (tertiary/aromatic N) is 3. The van der Waals surface area contributed by atoms with Crippen LogP contribution >= 0.6 is 35.3 Å². The van der Waals surface area contributed by atoms with Gasteiger partial charge in [-0.25, -0.2) is 9.98 Å². The molecule has 0 aliphatic carbocycles. The Hall–Kier alpha value is -0.370. The molecule has 1 aromatic rings. The Morgan fingerprint density at radius 3 is 2.76 bits per heavy atom. The molecule has 1 aliphatic heterocycles. The number of aliphatic imine (C=N–C) groups is 1. The number of thiazole rings is 1. The van der Waals surface area contributed by atoms with Crippen molar-refractivity contribution in [1.29, 1.82) is 0 Å². The van der Waals surface area contributed by atoms with Crippen LogP contribution in [0.15, 0.2) is 11.2 Å². The fourth-order valence-electron chi connectivity index (χ4n) is 2.45. The monoisotopic (exact) mass is 422 g/mol. The predicted molar refractivity (Wildman–Crippen MR) is 102 cm³/mol. The fraction of sp³-hybridized carbons (Fsp3) is 0.733. The Kier molecular flexibility index (Phi) is 7.39. The topological polar surface area (TPSA) is 40.5 Å². The highest BCUT2D eigenvalue weighted by Gasteiger charge is 2.30. The van der Waals surface area contributed by atoms with E-state index < -0.39 is 0 Å². The van der Waals surface area contributed by atoms with Crippen LogP contribution in [0.25, 0.3) is 0 Å². The molecule has 0 spiro atoms. The third-order valence-electron chi connectivity index (χ3n) is 3.63. The minimum absolute atomic E-state index is 0. The standard InChI is InChI=1S/C15H26N4S.HI/c1-5-12-9-17-13(20-12)10-18-14(16-6-2)19-8-7-15(3,4)11-19;/h9H,5-8,10-11H2,1-4H3,(H,16,18);1H. The number of likely N-dealkylation sites (tertiary alicyclic amines) is 1. The smallest absolute Gasteiger partial charge is 0.194 e. The summed E-state index contributed by atoms with van der Waals surface area (Å²) in [5.41, 5.74) is 0.396. The zero-order chi connectivity index (χ0) is 14.6. The summed E-state index contributed by atoms with van der Waals surface area (Å²) >= 11 is 1.77. The van der Waals surface area contributed by atoms with Gasteiger partial charge < -0.3 is 10.2 Å². The molecule has 2 rings (SSSR count). The van der Waals surface area contributed by atoms with Crippen molar-refractivity contribution in [3.05, 3.63) is 16.1 Å². The van der Waals surface area contributed by atoms with E-state index >= 15 is 0 Å². The van der Waals surface area contributed by atoms with Gasteiger partial charge >= 0.3 is 0 Å². The number of hydrogen-bond donors (Lipinski definition) is 1. The van der Waals surface area contributed by atoms with E-state index in [-0.39, 0.29) is 24.0 Å². The Balaban J connectivity index is 0.00000220. The maximum Gasteiger partial charge on any atom is 0.194 e. The minimum atomic E-state index is 0. The van der Waals surface area contributed by atoms with E-state index in [1.807, 2.05) is 6.20 Å². The van der Waals surface area contributed by atoms with Crippen LogP contribution in [0, 0.1) is 5.41 Å². The lowest BCUT2D eigenvalue weighted by molar-refractivity contribution is 0.370. The van der Waals surface area contributed by atoms with E-state index in [2.05, 4.69) is 42.9 Å². The number of nitrogens with one attached hydrogen (secondary N) is 1. The minimum Gasteiger partial charge on any atom is -0.357 e. The molecule has 0 amide bonds. The second-order valence-corrected chi connectivity index (χ2v) is 7.28. The molecule has 1 aliphatic rings. The van der Waals surface area contributed by atoms with Gasteiger partial charge in [-0.1, -0.05) is 20.8 Å². The van der Waals surface area contributed by atoms with Gasteiger partial charge in [-0.15, -0.1) is 35.3 Å². The van der Waals surface area contributed by atoms with E-state index in [0.717, 1.165) is 37.0 Å². The molecular formula is C15H27IN4S. The van der Waals surface area contributed by atoms with Gasteiger partial charge in [-0.2, -0.15) is 0 Å². The van der Waals surface area contributed by atoms with Gasteiger partial charge in [0.05, 0.1) is 6.54 Å². The van der Waals surface area contributed by atoms with Crippen LogP contribution in [0.5, 0.6) is 0 Å². The van der Waals surface area contributed by atoms with Crippen molar-refractivity contribution < 1.29 is 0 Å². The highest BCUT2D eigenvalue weighted by molar-refractivity contribution is 14.0. The summed E-state index contributed by atoms with van der Waals surface area (Å²) in [5, 5.41) is 4.51. The van der Waals surface area contributed by atoms with Crippen molar-refractivity contribution >= 4 is 41.3 Å². The molecule has 6 heteroatoms. The first kappa shape index (κ1) is 18.7. The molecule has 0 aromatic carbocycles. The lowest BCUT2D eigenvalue weighted by Gasteiger charge is -2.23. The Morgan fingerprint density at radius 1 is 1.48 bits per heavy atom. The average molecular weight is 422 g/mol. The normalized spacial score (nSPS) is 17.7. The molecule has 21 heavy (non-hydrogen) atoms. The zero-order valence-electron chi connectivity index (χ0n) is 13.5. The van der Waals surface area contributed by atoms with Crippen LogP contribution in [0.1, 0.15) is 44.0 Å². The largest absolute Gasteiger partial charge is 0.357 e. The molecule has 0 saturated carbocycles. The number of rotatable bonds is 4. The molecule has 120 valence electrons. The van der Waals surface area contributed by atoms with Gasteiger partial charge in [0.25, 0.3) is 0 Å². The second kappa shape index (κ2) is 8.31. The summed E-state index contributed by atoms with van der Waals surface area (Å²) in [7, 11) is 0. The molecule has 1 fully saturated rings. The highest BCUT2D eigenvalue weighted by atomic mass is 127. The Bertz CT molecular complexity index is 470. The zero-order valence-corrected chi connectivity index (χ0v) is 16.6. The third kappa shape index (κ3) is 5.39. The van der Waals surface area contributed by atoms with Crippen molar-refractivity contribution in [3.8, 4) is 0 Å². The summed E-state index contributed by atoms with van der Waals surface area (Å²) in [6, 6.07) is 0. The van der Waals surface area contributed by atoms with Gasteiger partial charge in [0.2, 0.25) is 0 Å². The van der Waals surface area contributed by atoms with Crippen LogP contribution < -0.4 is 5.32 Å². The van der Waals surface area contributed by atoms with Crippen LogP contribution in [0.2, 0.25) is 0 Å². The molecule has 0 radical (unpaired) electrons. The maximum absolute atomic E-state index is 4.76. The highest BCUT2D eigenvalue weighted by Crippen LogP contribution is 2.28. The van der Waals surface area contributed by atoms with E-state index in [4.69, 9.17) is 4.99 Å². The van der Waals surface area contributed by atoms with Crippen LogP contribution in [0.3, 0.4) is 0 Å². The molecule has 0 atom stereocenters. The summed E-state index contributed by atoms with van der Waals surface area (Å²) in [6.45, 7) is 12.7. The summed E-state index contributed by atoms with van der Waals surface area (Å²) in [6.07, 6.45) is 4.26. The molecule has 0 bridgehead atoms. The molecule has 1 N–H and O–H groups in total. The van der Waals surface area contributed by atoms with Crippen LogP contribution in [-0.2, 0) is 13.0 Å². The van der Waals surface area contributed by atoms with Gasteiger partial charge in [-0.05, 0) is 25.2 Å². The van der Waals surface area contributed by atoms with E-state index in [0.29, 0.717) is 12.0 Å². The SMILES string of the molecule is CCNC(=NCc1ncc(CC)s1)N1CCC(C)(C)C1.I. The third-order valence-corrected chi connectivity index (χ3v) is 4.75. The molecule has 2 heterocycles. The number of hydrogen-bond acceptors (Lipinski definition) is 3. The maximum atomic E-state index is 4.76.